The fourth-order valence-electron chi connectivity index (χ4n) is 2.68. The van der Waals surface area contributed by atoms with Crippen LogP contribution in [0.1, 0.15) is 11.6 Å². The maximum atomic E-state index is 9.54. The van der Waals surface area contributed by atoms with E-state index >= 15 is 0 Å². The first kappa shape index (κ1) is 14.5. The third-order valence-corrected chi connectivity index (χ3v) is 4.64. The quantitative estimate of drug-likeness (QED) is 0.555. The first-order valence-corrected chi connectivity index (χ1v) is 8.49. The van der Waals surface area contributed by atoms with E-state index in [9.17, 15) is 5.26 Å². The number of hydrogen-bond acceptors (Lipinski definition) is 4. The Bertz CT molecular complexity index is 994. The second kappa shape index (κ2) is 6.19. The van der Waals surface area contributed by atoms with Gasteiger partial charge in [0.2, 0.25) is 0 Å². The van der Waals surface area contributed by atoms with Crippen molar-refractivity contribution in [2.24, 2.45) is 0 Å². The van der Waals surface area contributed by atoms with Crippen LogP contribution in [0.25, 0.3) is 22.2 Å². The number of nitrogens with zero attached hydrogens (tertiary/aromatic N) is 2. The Morgan fingerprint density at radius 2 is 1.96 bits per heavy atom. The van der Waals surface area contributed by atoms with E-state index in [1.165, 1.54) is 5.56 Å². The standard InChI is InChI=1S/C19H14N4S/c20-10-19(23-16-5-6-17-18(9-16)22-12-21-17)14-3-1-13(2-4-14)15-7-8-24-11-15/h1-9,11-12,19,23H,(H,21,22). The molecule has 2 heterocycles. The van der Waals surface area contributed by atoms with Gasteiger partial charge in [-0.2, -0.15) is 16.6 Å². The zero-order valence-corrected chi connectivity index (χ0v) is 13.5. The van der Waals surface area contributed by atoms with Crippen molar-refractivity contribution in [3.8, 4) is 17.2 Å². The number of fused-ring (bicyclic) bond motifs is 1. The molecule has 2 aromatic heterocycles. The van der Waals surface area contributed by atoms with Crippen molar-refractivity contribution in [2.45, 2.75) is 6.04 Å². The summed E-state index contributed by atoms with van der Waals surface area (Å²) in [6.07, 6.45) is 1.67. The molecule has 4 aromatic rings. The van der Waals surface area contributed by atoms with Gasteiger partial charge in [-0.25, -0.2) is 4.98 Å². The van der Waals surface area contributed by atoms with Crippen molar-refractivity contribution in [3.63, 3.8) is 0 Å². The summed E-state index contributed by atoms with van der Waals surface area (Å²) in [5.74, 6) is 0. The summed E-state index contributed by atoms with van der Waals surface area (Å²) in [4.78, 5) is 7.28. The molecule has 1 atom stereocenters. The molecule has 24 heavy (non-hydrogen) atoms. The molecule has 0 aliphatic rings. The lowest BCUT2D eigenvalue weighted by molar-refractivity contribution is 0.999. The second-order valence-corrected chi connectivity index (χ2v) is 6.25. The van der Waals surface area contributed by atoms with Gasteiger partial charge in [-0.3, -0.25) is 0 Å². The normalized spacial score (nSPS) is 12.0. The highest BCUT2D eigenvalue weighted by Crippen LogP contribution is 2.26. The van der Waals surface area contributed by atoms with E-state index in [2.05, 4.69) is 50.3 Å². The number of anilines is 1. The Kier molecular flexibility index (Phi) is 3.73. The van der Waals surface area contributed by atoms with Crippen LogP contribution in [0.5, 0.6) is 0 Å². The minimum atomic E-state index is -0.401. The van der Waals surface area contributed by atoms with Crippen LogP contribution in [0.2, 0.25) is 0 Å². The maximum Gasteiger partial charge on any atom is 0.140 e. The SMILES string of the molecule is N#CC(Nc1ccc2nc[nH]c2c1)c1ccc(-c2ccsc2)cc1. The highest BCUT2D eigenvalue weighted by Gasteiger charge is 2.11. The monoisotopic (exact) mass is 330 g/mol. The molecule has 4 nitrogen and oxygen atoms in total. The maximum absolute atomic E-state index is 9.54. The van der Waals surface area contributed by atoms with Crippen molar-refractivity contribution in [1.29, 1.82) is 5.26 Å². The summed E-state index contributed by atoms with van der Waals surface area (Å²) < 4.78 is 0. The molecule has 0 bridgehead atoms. The summed E-state index contributed by atoms with van der Waals surface area (Å²) in [5, 5.41) is 17.0. The molecule has 0 spiro atoms. The predicted molar refractivity (Wildman–Crippen MR) is 97.8 cm³/mol. The van der Waals surface area contributed by atoms with E-state index in [1.54, 1.807) is 17.7 Å². The Hall–Kier alpha value is -3.10. The van der Waals surface area contributed by atoms with Crippen molar-refractivity contribution in [2.75, 3.05) is 5.32 Å². The van der Waals surface area contributed by atoms with Crippen molar-refractivity contribution >= 4 is 28.1 Å². The van der Waals surface area contributed by atoms with Gasteiger partial charge in [0.05, 0.1) is 23.4 Å². The minimum absolute atomic E-state index is 0.401. The molecule has 0 amide bonds. The first-order chi connectivity index (χ1) is 11.8. The Morgan fingerprint density at radius 3 is 2.71 bits per heavy atom. The third kappa shape index (κ3) is 2.75. The molecule has 4 rings (SSSR count). The summed E-state index contributed by atoms with van der Waals surface area (Å²) in [5.41, 5.74) is 6.06. The summed E-state index contributed by atoms with van der Waals surface area (Å²) in [6, 6.07) is 18.0. The molecule has 5 heteroatoms. The lowest BCUT2D eigenvalue weighted by atomic mass is 10.0. The number of aromatic amines is 1. The van der Waals surface area contributed by atoms with Gasteiger partial charge >= 0.3 is 0 Å². The number of nitrogens with one attached hydrogen (secondary N) is 2. The van der Waals surface area contributed by atoms with Crippen LogP contribution < -0.4 is 5.32 Å². The van der Waals surface area contributed by atoms with Gasteiger partial charge in [0.15, 0.2) is 0 Å². The topological polar surface area (TPSA) is 64.5 Å². The Morgan fingerprint density at radius 1 is 1.08 bits per heavy atom. The van der Waals surface area contributed by atoms with E-state index in [-0.39, 0.29) is 0 Å². The van der Waals surface area contributed by atoms with Gasteiger partial charge in [0, 0.05) is 5.69 Å². The van der Waals surface area contributed by atoms with Crippen molar-refractivity contribution in [3.05, 3.63) is 71.2 Å². The van der Waals surface area contributed by atoms with Gasteiger partial charge in [-0.1, -0.05) is 24.3 Å². The number of rotatable bonds is 4. The molecule has 2 N–H and O–H groups in total. The molecular weight excluding hydrogens is 316 g/mol. The Labute approximate surface area is 143 Å². The molecular formula is C19H14N4S. The average molecular weight is 330 g/mol. The highest BCUT2D eigenvalue weighted by atomic mass is 32.1. The van der Waals surface area contributed by atoms with Crippen molar-refractivity contribution in [1.82, 2.24) is 9.97 Å². The zero-order chi connectivity index (χ0) is 16.4. The van der Waals surface area contributed by atoms with E-state index < -0.39 is 6.04 Å². The van der Waals surface area contributed by atoms with E-state index in [0.29, 0.717) is 0 Å². The summed E-state index contributed by atoms with van der Waals surface area (Å²) in [6.45, 7) is 0. The van der Waals surface area contributed by atoms with E-state index in [1.807, 2.05) is 30.3 Å². The van der Waals surface area contributed by atoms with Crippen LogP contribution in [0.4, 0.5) is 5.69 Å². The smallest absolute Gasteiger partial charge is 0.140 e. The number of nitriles is 1. The molecule has 0 aliphatic carbocycles. The molecule has 0 radical (unpaired) electrons. The fraction of sp³-hybridized carbons (Fsp3) is 0.0526. The molecule has 0 saturated carbocycles. The average Bonchev–Trinajstić information content (AvgIpc) is 3.31. The first-order valence-electron chi connectivity index (χ1n) is 7.55. The van der Waals surface area contributed by atoms with Gasteiger partial charge in [-0.15, -0.1) is 0 Å². The van der Waals surface area contributed by atoms with Gasteiger partial charge < -0.3 is 10.3 Å². The second-order valence-electron chi connectivity index (χ2n) is 5.47. The fourth-order valence-corrected chi connectivity index (χ4v) is 3.34. The largest absolute Gasteiger partial charge is 0.366 e. The van der Waals surface area contributed by atoms with E-state index in [4.69, 9.17) is 0 Å². The molecule has 0 fully saturated rings. The zero-order valence-electron chi connectivity index (χ0n) is 12.7. The van der Waals surface area contributed by atoms with Gasteiger partial charge in [-0.05, 0) is 51.7 Å². The number of aromatic nitrogens is 2. The number of imidazole rings is 1. The summed E-state index contributed by atoms with van der Waals surface area (Å²) in [7, 11) is 0. The third-order valence-electron chi connectivity index (χ3n) is 3.96. The summed E-state index contributed by atoms with van der Waals surface area (Å²) >= 11 is 1.68. The minimum Gasteiger partial charge on any atom is -0.366 e. The number of benzene rings is 2. The molecule has 2 aromatic carbocycles. The van der Waals surface area contributed by atoms with Crippen LogP contribution in [0.3, 0.4) is 0 Å². The molecule has 0 saturated heterocycles. The van der Waals surface area contributed by atoms with Crippen LogP contribution in [-0.2, 0) is 0 Å². The lowest BCUT2D eigenvalue weighted by Gasteiger charge is -2.14. The van der Waals surface area contributed by atoms with Crippen LogP contribution in [-0.4, -0.2) is 9.97 Å². The highest BCUT2D eigenvalue weighted by molar-refractivity contribution is 7.08. The number of thiophene rings is 1. The van der Waals surface area contributed by atoms with Crippen LogP contribution >= 0.6 is 11.3 Å². The van der Waals surface area contributed by atoms with Crippen LogP contribution in [0, 0.1) is 11.3 Å². The molecule has 1 unspecified atom stereocenters. The number of H-pyrrole nitrogens is 1. The lowest BCUT2D eigenvalue weighted by Crippen LogP contribution is -2.08. The number of hydrogen-bond donors (Lipinski definition) is 2. The van der Waals surface area contributed by atoms with Gasteiger partial charge in [0.1, 0.15) is 6.04 Å². The van der Waals surface area contributed by atoms with Crippen molar-refractivity contribution < 1.29 is 0 Å². The molecule has 116 valence electrons. The predicted octanol–water partition coefficient (Wildman–Crippen LogP) is 4.97. The van der Waals surface area contributed by atoms with Gasteiger partial charge in [0.25, 0.3) is 0 Å². The Balaban J connectivity index is 1.57. The van der Waals surface area contributed by atoms with Crippen LogP contribution in [0.15, 0.2) is 65.6 Å². The van der Waals surface area contributed by atoms with E-state index in [0.717, 1.165) is 27.8 Å². The molecule has 0 aliphatic heterocycles.